The van der Waals surface area contributed by atoms with Gasteiger partial charge in [-0.1, -0.05) is 61.5 Å². The summed E-state index contributed by atoms with van der Waals surface area (Å²) in [6.07, 6.45) is 2.96. The number of carbonyl (C=O) groups is 1. The van der Waals surface area contributed by atoms with Crippen LogP contribution in [0.4, 0.5) is 8.78 Å². The number of esters is 1. The first-order chi connectivity index (χ1) is 25.1. The summed E-state index contributed by atoms with van der Waals surface area (Å²) in [4.78, 5) is 19.5. The Morgan fingerprint density at radius 2 is 1.71 bits per heavy atom. The molecule has 12 heteroatoms. The number of nitrogens with zero attached hydrogens (tertiary/aromatic N) is 3. The highest BCUT2D eigenvalue weighted by atomic mass is 19.1. The van der Waals surface area contributed by atoms with E-state index in [9.17, 15) is 10.1 Å². The van der Waals surface area contributed by atoms with Gasteiger partial charge in [-0.2, -0.15) is 19.0 Å². The lowest BCUT2D eigenvalue weighted by molar-refractivity contribution is -0.167. The maximum Gasteiger partial charge on any atom is 0.315 e. The van der Waals surface area contributed by atoms with E-state index in [-0.39, 0.29) is 42.0 Å². The number of methoxy groups -OCH3 is 1. The molecule has 0 spiro atoms. The molecule has 1 aliphatic heterocycles. The molecule has 1 saturated heterocycles. The molecule has 1 aromatic heterocycles. The molecule has 0 amide bonds. The van der Waals surface area contributed by atoms with E-state index < -0.39 is 46.1 Å². The summed E-state index contributed by atoms with van der Waals surface area (Å²) in [6.45, 7) is 7.21. The Kier molecular flexibility index (Phi) is 10.7. The van der Waals surface area contributed by atoms with Crippen molar-refractivity contribution in [2.75, 3.05) is 27.2 Å². The van der Waals surface area contributed by atoms with Crippen LogP contribution in [0.5, 0.6) is 34.8 Å². The van der Waals surface area contributed by atoms with E-state index >= 15 is 8.78 Å². The van der Waals surface area contributed by atoms with Crippen LogP contribution in [0.1, 0.15) is 55.5 Å². The Balaban J connectivity index is 1.47. The van der Waals surface area contributed by atoms with Crippen molar-refractivity contribution in [3.8, 4) is 40.8 Å². The van der Waals surface area contributed by atoms with Crippen LogP contribution < -0.4 is 24.3 Å². The molecule has 2 aliphatic rings. The van der Waals surface area contributed by atoms with Gasteiger partial charge in [0.1, 0.15) is 23.4 Å². The van der Waals surface area contributed by atoms with Crippen LogP contribution in [0.2, 0.25) is 0 Å². The summed E-state index contributed by atoms with van der Waals surface area (Å²) in [5, 5.41) is 13.1. The van der Waals surface area contributed by atoms with E-state index in [1.165, 1.54) is 31.4 Å². The van der Waals surface area contributed by atoms with Crippen LogP contribution >= 0.6 is 0 Å². The number of para-hydroxylation sites is 1. The molecule has 2 fully saturated rings. The number of pyridine rings is 1. The number of aromatic nitrogens is 1. The van der Waals surface area contributed by atoms with Gasteiger partial charge in [0.25, 0.3) is 11.8 Å². The SMILES string of the molecule is C=CC1(Oc2c(F)c(Oc3cc(C#N)ccc3OCc3ccccc3)nc(Oc3ccccc3C3NCCN3C)c2F)CCCCC1(C)C(=O)OC. The van der Waals surface area contributed by atoms with Gasteiger partial charge in [0.15, 0.2) is 11.5 Å². The molecule has 3 unspecified atom stereocenters. The lowest BCUT2D eigenvalue weighted by Crippen LogP contribution is -2.56. The van der Waals surface area contributed by atoms with Crippen LogP contribution in [-0.2, 0) is 16.1 Å². The first kappa shape index (κ1) is 36.3. The van der Waals surface area contributed by atoms with E-state index in [0.29, 0.717) is 24.8 Å². The van der Waals surface area contributed by atoms with Crippen molar-refractivity contribution in [2.24, 2.45) is 5.41 Å². The summed E-state index contributed by atoms with van der Waals surface area (Å²) in [5.41, 5.74) is -1.16. The Morgan fingerprint density at radius 1 is 1.02 bits per heavy atom. The third kappa shape index (κ3) is 7.02. The molecule has 270 valence electrons. The second-order valence-electron chi connectivity index (χ2n) is 13.0. The number of likely N-dealkylation sites (N-methyl/N-ethyl adjacent to an activating group) is 1. The highest BCUT2D eigenvalue weighted by Crippen LogP contribution is 2.51. The highest BCUT2D eigenvalue weighted by Gasteiger charge is 2.56. The summed E-state index contributed by atoms with van der Waals surface area (Å²) >= 11 is 0. The number of ether oxygens (including phenoxy) is 5. The summed E-state index contributed by atoms with van der Waals surface area (Å²) in [5.74, 6) is -5.02. The molecule has 0 radical (unpaired) electrons. The minimum Gasteiger partial charge on any atom is -0.485 e. The number of hydrogen-bond donors (Lipinski definition) is 1. The Bertz CT molecular complexity index is 1990. The number of hydrogen-bond acceptors (Lipinski definition) is 10. The van der Waals surface area contributed by atoms with Gasteiger partial charge < -0.3 is 23.7 Å². The average Bonchev–Trinajstić information content (AvgIpc) is 3.60. The Labute approximate surface area is 301 Å². The van der Waals surface area contributed by atoms with Crippen molar-refractivity contribution in [1.29, 1.82) is 5.26 Å². The third-order valence-electron chi connectivity index (χ3n) is 9.82. The number of carbonyl (C=O) groups excluding carboxylic acids is 1. The number of benzene rings is 3. The molecular weight excluding hydrogens is 670 g/mol. The monoisotopic (exact) mass is 710 g/mol. The normalized spacial score (nSPS) is 21.5. The predicted octanol–water partition coefficient (Wildman–Crippen LogP) is 7.99. The lowest BCUT2D eigenvalue weighted by atomic mass is 9.64. The highest BCUT2D eigenvalue weighted by molar-refractivity contribution is 5.79. The largest absolute Gasteiger partial charge is 0.485 e. The molecule has 1 aliphatic carbocycles. The van der Waals surface area contributed by atoms with Crippen LogP contribution in [0.25, 0.3) is 0 Å². The van der Waals surface area contributed by atoms with Crippen molar-refractivity contribution in [3.05, 3.63) is 114 Å². The van der Waals surface area contributed by atoms with E-state index in [1.807, 2.05) is 55.6 Å². The fourth-order valence-corrected chi connectivity index (χ4v) is 6.80. The van der Waals surface area contributed by atoms with Crippen molar-refractivity contribution in [2.45, 2.75) is 51.0 Å². The van der Waals surface area contributed by atoms with E-state index in [1.54, 1.807) is 19.1 Å². The molecule has 6 rings (SSSR count). The van der Waals surface area contributed by atoms with Crippen LogP contribution in [0, 0.1) is 28.4 Å². The van der Waals surface area contributed by atoms with Crippen LogP contribution in [0.15, 0.2) is 85.5 Å². The second-order valence-corrected chi connectivity index (χ2v) is 13.0. The van der Waals surface area contributed by atoms with Crippen molar-refractivity contribution >= 4 is 5.97 Å². The van der Waals surface area contributed by atoms with E-state index in [0.717, 1.165) is 18.7 Å². The first-order valence-electron chi connectivity index (χ1n) is 17.0. The first-order valence-corrected chi connectivity index (χ1v) is 17.0. The summed E-state index contributed by atoms with van der Waals surface area (Å²) < 4.78 is 63.2. The number of nitriles is 1. The quantitative estimate of drug-likeness (QED) is 0.115. The summed E-state index contributed by atoms with van der Waals surface area (Å²) in [7, 11) is 3.20. The van der Waals surface area contributed by atoms with Crippen LogP contribution in [0.3, 0.4) is 0 Å². The number of nitrogens with one attached hydrogen (secondary N) is 1. The van der Waals surface area contributed by atoms with Gasteiger partial charge in [0.05, 0.1) is 24.9 Å². The summed E-state index contributed by atoms with van der Waals surface area (Å²) in [6, 6.07) is 22.8. The molecule has 3 atom stereocenters. The second kappa shape index (κ2) is 15.4. The Morgan fingerprint density at radius 3 is 2.38 bits per heavy atom. The van der Waals surface area contributed by atoms with Crippen molar-refractivity contribution in [3.63, 3.8) is 0 Å². The smallest absolute Gasteiger partial charge is 0.315 e. The van der Waals surface area contributed by atoms with Gasteiger partial charge in [-0.3, -0.25) is 15.0 Å². The molecule has 4 aromatic rings. The minimum atomic E-state index is -1.57. The molecule has 3 aromatic carbocycles. The molecule has 1 saturated carbocycles. The van der Waals surface area contributed by atoms with Crippen LogP contribution in [-0.4, -0.2) is 48.7 Å². The molecule has 52 heavy (non-hydrogen) atoms. The van der Waals surface area contributed by atoms with Gasteiger partial charge in [-0.05, 0) is 63.1 Å². The molecule has 10 nitrogen and oxygen atoms in total. The molecule has 0 bridgehead atoms. The fourth-order valence-electron chi connectivity index (χ4n) is 6.80. The van der Waals surface area contributed by atoms with Gasteiger partial charge in [-0.15, -0.1) is 0 Å². The lowest BCUT2D eigenvalue weighted by Gasteiger charge is -2.47. The van der Waals surface area contributed by atoms with Crippen molar-refractivity contribution in [1.82, 2.24) is 15.2 Å². The molecule has 1 N–H and O–H groups in total. The van der Waals surface area contributed by atoms with E-state index in [2.05, 4.69) is 21.8 Å². The van der Waals surface area contributed by atoms with Gasteiger partial charge in [0, 0.05) is 24.7 Å². The maximum absolute atomic E-state index is 16.8. The molecular formula is C40H40F2N4O6. The van der Waals surface area contributed by atoms with Gasteiger partial charge in [-0.25, -0.2) is 0 Å². The Hall–Kier alpha value is -5.51. The van der Waals surface area contributed by atoms with E-state index in [4.69, 9.17) is 23.7 Å². The third-order valence-corrected chi connectivity index (χ3v) is 9.82. The van der Waals surface area contributed by atoms with Gasteiger partial charge >= 0.3 is 5.97 Å². The minimum absolute atomic E-state index is 0.0578. The maximum atomic E-state index is 16.8. The number of halogens is 2. The fraction of sp³-hybridized carbons (Fsp3) is 0.325. The zero-order valence-electron chi connectivity index (χ0n) is 29.3. The number of rotatable bonds is 12. The average molecular weight is 711 g/mol. The van der Waals surface area contributed by atoms with Crippen molar-refractivity contribution < 1.29 is 37.3 Å². The predicted molar refractivity (Wildman–Crippen MR) is 188 cm³/mol. The molecule has 2 heterocycles. The zero-order valence-corrected chi connectivity index (χ0v) is 29.3. The topological polar surface area (TPSA) is 115 Å². The zero-order chi connectivity index (χ0) is 36.9. The van der Waals surface area contributed by atoms with Gasteiger partial charge in [0.2, 0.25) is 17.4 Å². The standard InChI is InChI=1S/C40H40F2N4O6/c1-5-40(20-12-11-19-39(40,2)38(47)48-4)52-34-32(41)36(50-29-16-10-9-15-28(29)35-44-21-22-46(35)3)45-37(33(34)42)51-31-23-27(24-43)17-18-30(31)49-25-26-13-7-6-8-14-26/h5-10,13-18,23,35,44H,1,11-12,19-22,25H2,2-4H3.